The Bertz CT molecular complexity index is 684. The molecule has 0 aromatic heterocycles. The number of carbonyl (C=O) groups excluding carboxylic acids is 1. The monoisotopic (exact) mass is 448 g/mol. The molecule has 2 unspecified atom stereocenters. The lowest BCUT2D eigenvalue weighted by molar-refractivity contribution is -0.207. The highest BCUT2D eigenvalue weighted by Crippen LogP contribution is 2.36. The van der Waals surface area contributed by atoms with E-state index in [9.17, 15) is 14.7 Å². The molecular formula is C26H40O6. The van der Waals surface area contributed by atoms with Crippen LogP contribution in [0.2, 0.25) is 0 Å². The first-order valence-electron chi connectivity index (χ1n) is 12.2. The summed E-state index contributed by atoms with van der Waals surface area (Å²) in [5, 5.41) is 19.3. The number of ketones is 1. The summed E-state index contributed by atoms with van der Waals surface area (Å²) in [6.45, 7) is 4.56. The molecule has 1 aliphatic carbocycles. The van der Waals surface area contributed by atoms with Crippen molar-refractivity contribution in [1.29, 1.82) is 0 Å². The maximum Gasteiger partial charge on any atom is 0.303 e. The van der Waals surface area contributed by atoms with Crippen molar-refractivity contribution in [3.05, 3.63) is 12.2 Å². The molecule has 1 saturated carbocycles. The van der Waals surface area contributed by atoms with Gasteiger partial charge in [0.15, 0.2) is 6.29 Å². The van der Waals surface area contributed by atoms with Gasteiger partial charge in [0.1, 0.15) is 5.78 Å². The smallest absolute Gasteiger partial charge is 0.303 e. The molecule has 6 nitrogen and oxygen atoms in total. The van der Waals surface area contributed by atoms with E-state index in [4.69, 9.17) is 14.6 Å². The largest absolute Gasteiger partial charge is 0.481 e. The van der Waals surface area contributed by atoms with E-state index in [2.05, 4.69) is 11.8 Å². The van der Waals surface area contributed by atoms with Gasteiger partial charge in [0.25, 0.3) is 0 Å². The van der Waals surface area contributed by atoms with E-state index in [1.165, 1.54) is 0 Å². The molecule has 0 aromatic carbocycles. The SMILES string of the molecule is CC#CCCC(C)(/C=C/[C@H]1[C@H](O)CC(=O)[C@@H]1CCCCCCC(=O)O)OC1CCCCO1. The number of ether oxygens (including phenoxy) is 2. The van der Waals surface area contributed by atoms with Gasteiger partial charge in [-0.1, -0.05) is 31.4 Å². The number of aliphatic carboxylic acids is 1. The molecule has 32 heavy (non-hydrogen) atoms. The molecule has 1 heterocycles. The second-order valence-electron chi connectivity index (χ2n) is 9.28. The summed E-state index contributed by atoms with van der Waals surface area (Å²) < 4.78 is 12.1. The second-order valence-corrected chi connectivity index (χ2v) is 9.28. The van der Waals surface area contributed by atoms with Crippen LogP contribution in [-0.2, 0) is 19.1 Å². The number of aliphatic hydroxyl groups excluding tert-OH is 1. The normalized spacial score (nSPS) is 27.8. The fourth-order valence-corrected chi connectivity index (χ4v) is 4.62. The zero-order chi connectivity index (χ0) is 23.4. The minimum absolute atomic E-state index is 0.118. The Morgan fingerprint density at radius 3 is 2.75 bits per heavy atom. The van der Waals surface area contributed by atoms with Crippen molar-refractivity contribution in [3.8, 4) is 11.8 Å². The van der Waals surface area contributed by atoms with Gasteiger partial charge in [0.2, 0.25) is 0 Å². The summed E-state index contributed by atoms with van der Waals surface area (Å²) >= 11 is 0. The topological polar surface area (TPSA) is 93.1 Å². The van der Waals surface area contributed by atoms with Crippen molar-refractivity contribution >= 4 is 11.8 Å². The molecule has 180 valence electrons. The average Bonchev–Trinajstić information content (AvgIpc) is 3.02. The fourth-order valence-electron chi connectivity index (χ4n) is 4.62. The number of hydrogen-bond donors (Lipinski definition) is 2. The Morgan fingerprint density at radius 1 is 1.28 bits per heavy atom. The number of carbonyl (C=O) groups is 2. The van der Waals surface area contributed by atoms with Crippen LogP contribution < -0.4 is 0 Å². The maximum atomic E-state index is 12.5. The molecule has 6 heteroatoms. The lowest BCUT2D eigenvalue weighted by atomic mass is 9.87. The Kier molecular flexibility index (Phi) is 11.4. The van der Waals surface area contributed by atoms with Crippen LogP contribution in [0, 0.1) is 23.7 Å². The number of Topliss-reactive ketones (excluding diaryl/α,β-unsaturated/α-hetero) is 1. The summed E-state index contributed by atoms with van der Waals surface area (Å²) in [5.41, 5.74) is -0.571. The van der Waals surface area contributed by atoms with Crippen LogP contribution in [0.5, 0.6) is 0 Å². The van der Waals surface area contributed by atoms with E-state index in [0.717, 1.165) is 51.4 Å². The summed E-state index contributed by atoms with van der Waals surface area (Å²) in [6.07, 6.45) is 11.9. The Morgan fingerprint density at radius 2 is 2.06 bits per heavy atom. The van der Waals surface area contributed by atoms with E-state index in [0.29, 0.717) is 19.4 Å². The van der Waals surface area contributed by atoms with Crippen LogP contribution in [0.1, 0.15) is 90.9 Å². The summed E-state index contributed by atoms with van der Waals surface area (Å²) in [6, 6.07) is 0. The molecular weight excluding hydrogens is 408 g/mol. The van der Waals surface area contributed by atoms with Crippen LogP contribution in [0.15, 0.2) is 12.2 Å². The molecule has 1 saturated heterocycles. The van der Waals surface area contributed by atoms with Gasteiger partial charge in [-0.05, 0) is 52.4 Å². The maximum absolute atomic E-state index is 12.5. The van der Waals surface area contributed by atoms with Crippen molar-refractivity contribution in [2.24, 2.45) is 11.8 Å². The zero-order valence-electron chi connectivity index (χ0n) is 19.7. The Labute approximate surface area is 192 Å². The van der Waals surface area contributed by atoms with Crippen molar-refractivity contribution in [1.82, 2.24) is 0 Å². The van der Waals surface area contributed by atoms with Crippen LogP contribution in [-0.4, -0.2) is 46.6 Å². The molecule has 0 amide bonds. The van der Waals surface area contributed by atoms with Gasteiger partial charge in [-0.3, -0.25) is 9.59 Å². The first-order chi connectivity index (χ1) is 15.3. The van der Waals surface area contributed by atoms with Crippen molar-refractivity contribution < 1.29 is 29.3 Å². The minimum Gasteiger partial charge on any atom is -0.481 e. The average molecular weight is 449 g/mol. The summed E-state index contributed by atoms with van der Waals surface area (Å²) in [7, 11) is 0. The third-order valence-electron chi connectivity index (χ3n) is 6.52. The summed E-state index contributed by atoms with van der Waals surface area (Å²) in [5.74, 6) is 4.98. The van der Waals surface area contributed by atoms with E-state index in [-0.39, 0.29) is 36.8 Å². The Hall–Kier alpha value is -1.68. The standard InChI is InChI=1S/C26H40O6/c1-3-4-10-16-26(2,32-25-14-9-11-18-31-25)17-15-21-20(22(27)19-23(21)28)12-7-5-6-8-13-24(29)30/h15,17,20-21,23,25,28H,5-14,16,18-19H2,1-2H3,(H,29,30)/b17-15+/t20-,21-,23-,25?,26?/m1/s1. The van der Waals surface area contributed by atoms with Gasteiger partial charge in [-0.15, -0.1) is 11.8 Å². The highest BCUT2D eigenvalue weighted by molar-refractivity contribution is 5.84. The van der Waals surface area contributed by atoms with Crippen LogP contribution in [0.4, 0.5) is 0 Å². The van der Waals surface area contributed by atoms with Gasteiger partial charge in [0.05, 0.1) is 11.7 Å². The first kappa shape index (κ1) is 26.6. The minimum atomic E-state index is -0.766. The molecule has 5 atom stereocenters. The highest BCUT2D eigenvalue weighted by Gasteiger charge is 2.40. The lowest BCUT2D eigenvalue weighted by Gasteiger charge is -2.33. The molecule has 2 fully saturated rings. The molecule has 0 bridgehead atoms. The Balaban J connectivity index is 1.98. The van der Waals surface area contributed by atoms with Gasteiger partial charge in [-0.25, -0.2) is 0 Å². The van der Waals surface area contributed by atoms with E-state index in [1.807, 2.05) is 26.0 Å². The van der Waals surface area contributed by atoms with Gasteiger partial charge in [-0.2, -0.15) is 0 Å². The number of aliphatic hydroxyl groups is 1. The number of hydrogen-bond acceptors (Lipinski definition) is 5. The van der Waals surface area contributed by atoms with Gasteiger partial charge < -0.3 is 19.7 Å². The molecule has 0 radical (unpaired) electrons. The fraction of sp³-hybridized carbons (Fsp3) is 0.769. The van der Waals surface area contributed by atoms with E-state index < -0.39 is 17.7 Å². The predicted octanol–water partition coefficient (Wildman–Crippen LogP) is 4.64. The van der Waals surface area contributed by atoms with Crippen LogP contribution in [0.3, 0.4) is 0 Å². The number of rotatable bonds is 13. The van der Waals surface area contributed by atoms with Crippen molar-refractivity contribution in [2.45, 2.75) is 109 Å². The molecule has 0 aromatic rings. The first-order valence-corrected chi connectivity index (χ1v) is 12.2. The molecule has 0 spiro atoms. The predicted molar refractivity (Wildman–Crippen MR) is 123 cm³/mol. The number of unbranched alkanes of at least 4 members (excludes halogenated alkanes) is 3. The van der Waals surface area contributed by atoms with Crippen LogP contribution >= 0.6 is 0 Å². The van der Waals surface area contributed by atoms with E-state index in [1.54, 1.807) is 0 Å². The van der Waals surface area contributed by atoms with Gasteiger partial charge >= 0.3 is 5.97 Å². The molecule has 2 N–H and O–H groups in total. The van der Waals surface area contributed by atoms with E-state index >= 15 is 0 Å². The lowest BCUT2D eigenvalue weighted by Crippen LogP contribution is -2.35. The highest BCUT2D eigenvalue weighted by atomic mass is 16.7. The second kappa shape index (κ2) is 13.8. The van der Waals surface area contributed by atoms with Crippen molar-refractivity contribution in [3.63, 3.8) is 0 Å². The quantitative estimate of drug-likeness (QED) is 0.242. The third-order valence-corrected chi connectivity index (χ3v) is 6.52. The number of carboxylic acids is 1. The van der Waals surface area contributed by atoms with Crippen molar-refractivity contribution in [2.75, 3.05) is 6.61 Å². The van der Waals surface area contributed by atoms with Gasteiger partial charge in [0, 0.05) is 37.7 Å². The molecule has 1 aliphatic heterocycles. The number of carboxylic acid groups (broad SMARTS) is 1. The summed E-state index contributed by atoms with van der Waals surface area (Å²) in [4.78, 5) is 23.1. The molecule has 2 aliphatic rings. The third kappa shape index (κ3) is 9.05. The zero-order valence-corrected chi connectivity index (χ0v) is 19.7. The molecule has 2 rings (SSSR count). The van der Waals surface area contributed by atoms with Crippen LogP contribution in [0.25, 0.3) is 0 Å².